The van der Waals surface area contributed by atoms with Crippen LogP contribution in [-0.2, 0) is 12.6 Å². The van der Waals surface area contributed by atoms with Crippen LogP contribution in [-0.4, -0.2) is 16.5 Å². The molecule has 8 heteroatoms. The highest BCUT2D eigenvalue weighted by Crippen LogP contribution is 2.35. The third kappa shape index (κ3) is 2.92. The number of benzene rings is 1. The molecule has 0 unspecified atom stereocenters. The second-order valence-corrected chi connectivity index (χ2v) is 6.34. The summed E-state index contributed by atoms with van der Waals surface area (Å²) >= 11 is 2.82. The van der Waals surface area contributed by atoms with E-state index in [4.69, 9.17) is 5.73 Å². The van der Waals surface area contributed by atoms with Gasteiger partial charge in [-0.3, -0.25) is 0 Å². The van der Waals surface area contributed by atoms with E-state index in [2.05, 4.69) is 9.97 Å². The Kier molecular flexibility index (Phi) is 3.68. The number of alkyl halides is 3. The van der Waals surface area contributed by atoms with Gasteiger partial charge in [0.05, 0.1) is 20.8 Å². The Bertz CT molecular complexity index is 776. The minimum atomic E-state index is -4.35. The maximum atomic E-state index is 12.7. The quantitative estimate of drug-likeness (QED) is 0.792. The lowest BCUT2D eigenvalue weighted by molar-refractivity contribution is -0.137. The molecule has 21 heavy (non-hydrogen) atoms. The molecule has 3 aromatic rings. The van der Waals surface area contributed by atoms with E-state index < -0.39 is 11.7 Å². The smallest absolute Gasteiger partial charge is 0.330 e. The van der Waals surface area contributed by atoms with Crippen LogP contribution in [0.15, 0.2) is 23.6 Å². The molecule has 3 rings (SSSR count). The lowest BCUT2D eigenvalue weighted by Crippen LogP contribution is -2.03. The number of halogens is 3. The molecule has 0 saturated heterocycles. The summed E-state index contributed by atoms with van der Waals surface area (Å²) in [7, 11) is 0. The van der Waals surface area contributed by atoms with Gasteiger partial charge in [-0.25, -0.2) is 9.97 Å². The zero-order valence-corrected chi connectivity index (χ0v) is 12.3. The Morgan fingerprint density at radius 3 is 2.71 bits per heavy atom. The fraction of sp³-hybridized carbons (Fsp3) is 0.231. The van der Waals surface area contributed by atoms with Crippen molar-refractivity contribution in [1.29, 1.82) is 0 Å². The summed E-state index contributed by atoms with van der Waals surface area (Å²) in [6.07, 6.45) is -3.67. The Labute approximate surface area is 126 Å². The Hall–Kier alpha value is -1.51. The van der Waals surface area contributed by atoms with Gasteiger partial charge in [-0.1, -0.05) is 0 Å². The molecule has 0 spiro atoms. The summed E-state index contributed by atoms with van der Waals surface area (Å²) < 4.78 is 38.8. The van der Waals surface area contributed by atoms with Gasteiger partial charge in [-0.2, -0.15) is 13.2 Å². The van der Waals surface area contributed by atoms with Crippen molar-refractivity contribution in [2.75, 3.05) is 6.54 Å². The van der Waals surface area contributed by atoms with Gasteiger partial charge in [0, 0.05) is 11.8 Å². The Balaban J connectivity index is 2.00. The molecule has 0 amide bonds. The van der Waals surface area contributed by atoms with Crippen LogP contribution in [0.4, 0.5) is 13.2 Å². The highest BCUT2D eigenvalue weighted by Gasteiger charge is 2.30. The fourth-order valence-electron chi connectivity index (χ4n) is 1.86. The third-order valence-electron chi connectivity index (χ3n) is 2.84. The summed E-state index contributed by atoms with van der Waals surface area (Å²) in [5.41, 5.74) is 5.83. The molecule has 0 atom stereocenters. The lowest BCUT2D eigenvalue weighted by atomic mass is 10.2. The summed E-state index contributed by atoms with van der Waals surface area (Å²) in [4.78, 5) is 8.66. The van der Waals surface area contributed by atoms with E-state index in [9.17, 15) is 13.2 Å². The van der Waals surface area contributed by atoms with Crippen LogP contribution in [0.1, 0.15) is 10.6 Å². The molecule has 1 aromatic carbocycles. The molecule has 2 aromatic heterocycles. The van der Waals surface area contributed by atoms with Crippen molar-refractivity contribution >= 4 is 32.9 Å². The minimum Gasteiger partial charge on any atom is -0.330 e. The summed E-state index contributed by atoms with van der Waals surface area (Å²) in [6.45, 7) is 0.516. The van der Waals surface area contributed by atoms with E-state index in [1.165, 1.54) is 28.7 Å². The first kappa shape index (κ1) is 14.4. The molecule has 0 aliphatic rings. The van der Waals surface area contributed by atoms with E-state index in [1.807, 2.05) is 5.38 Å². The molecule has 0 aliphatic heterocycles. The van der Waals surface area contributed by atoms with Gasteiger partial charge in [0.1, 0.15) is 10.7 Å². The molecule has 0 saturated carbocycles. The topological polar surface area (TPSA) is 51.8 Å². The number of rotatable bonds is 3. The van der Waals surface area contributed by atoms with Gasteiger partial charge in [0.25, 0.3) is 0 Å². The van der Waals surface area contributed by atoms with Gasteiger partial charge >= 0.3 is 6.18 Å². The molecule has 0 bridgehead atoms. The number of aromatic nitrogens is 2. The zero-order valence-electron chi connectivity index (χ0n) is 10.6. The molecule has 0 aliphatic carbocycles. The first-order valence-electron chi connectivity index (χ1n) is 6.10. The van der Waals surface area contributed by atoms with Crippen molar-refractivity contribution in [3.63, 3.8) is 0 Å². The maximum Gasteiger partial charge on any atom is 0.416 e. The van der Waals surface area contributed by atoms with E-state index in [0.29, 0.717) is 33.9 Å². The summed E-state index contributed by atoms with van der Waals surface area (Å²) in [5.74, 6) is 0. The van der Waals surface area contributed by atoms with Crippen molar-refractivity contribution in [1.82, 2.24) is 9.97 Å². The molecule has 110 valence electrons. The summed E-state index contributed by atoms with van der Waals surface area (Å²) in [5, 5.41) is 3.39. The number of nitrogens with two attached hydrogens (primary N) is 1. The van der Waals surface area contributed by atoms with Crippen molar-refractivity contribution in [3.8, 4) is 10.7 Å². The average molecular weight is 329 g/mol. The monoisotopic (exact) mass is 329 g/mol. The largest absolute Gasteiger partial charge is 0.416 e. The second kappa shape index (κ2) is 5.36. The predicted octanol–water partition coefficient (Wildman–Crippen LogP) is 3.94. The van der Waals surface area contributed by atoms with E-state index in [-0.39, 0.29) is 0 Å². The molecule has 3 nitrogen and oxygen atoms in total. The number of nitrogens with zero attached hydrogens (tertiary/aromatic N) is 2. The van der Waals surface area contributed by atoms with Gasteiger partial charge in [-0.15, -0.1) is 22.7 Å². The number of thiazole rings is 2. The maximum absolute atomic E-state index is 12.7. The lowest BCUT2D eigenvalue weighted by Gasteiger charge is -2.04. The zero-order chi connectivity index (χ0) is 15.0. The predicted molar refractivity (Wildman–Crippen MR) is 78.5 cm³/mol. The molecule has 0 radical (unpaired) electrons. The van der Waals surface area contributed by atoms with Crippen LogP contribution < -0.4 is 5.73 Å². The van der Waals surface area contributed by atoms with Gasteiger partial charge < -0.3 is 5.73 Å². The van der Waals surface area contributed by atoms with Crippen LogP contribution in [0.5, 0.6) is 0 Å². The van der Waals surface area contributed by atoms with Crippen molar-refractivity contribution in [2.24, 2.45) is 5.73 Å². The molecular formula is C13H10F3N3S2. The van der Waals surface area contributed by atoms with Gasteiger partial charge in [0.15, 0.2) is 0 Å². The number of fused-ring (bicyclic) bond motifs is 1. The van der Waals surface area contributed by atoms with Gasteiger partial charge in [0.2, 0.25) is 0 Å². The number of hydrogen-bond donors (Lipinski definition) is 1. The first-order chi connectivity index (χ1) is 9.97. The first-order valence-corrected chi connectivity index (χ1v) is 7.79. The van der Waals surface area contributed by atoms with Crippen LogP contribution in [0.2, 0.25) is 0 Å². The highest BCUT2D eigenvalue weighted by atomic mass is 32.1. The molecular weight excluding hydrogens is 319 g/mol. The van der Waals surface area contributed by atoms with E-state index >= 15 is 0 Å². The Morgan fingerprint density at radius 2 is 2.00 bits per heavy atom. The summed E-state index contributed by atoms with van der Waals surface area (Å²) in [6, 6.07) is 3.60. The van der Waals surface area contributed by atoms with Crippen LogP contribution >= 0.6 is 22.7 Å². The van der Waals surface area contributed by atoms with Crippen molar-refractivity contribution in [2.45, 2.75) is 12.6 Å². The van der Waals surface area contributed by atoms with E-state index in [1.54, 1.807) is 0 Å². The molecule has 2 heterocycles. The standard InChI is InChI=1S/C13H10F3N3S2/c14-13(15,16)7-1-2-10-8(5-7)19-12(21-10)9-6-20-11(18-9)3-4-17/h1-2,5-6H,3-4,17H2. The van der Waals surface area contributed by atoms with Crippen LogP contribution in [0, 0.1) is 0 Å². The SMILES string of the molecule is NCCc1nc(-c2nc3cc(C(F)(F)F)ccc3s2)cs1. The minimum absolute atomic E-state index is 0.346. The Morgan fingerprint density at radius 1 is 1.19 bits per heavy atom. The van der Waals surface area contributed by atoms with E-state index in [0.717, 1.165) is 17.1 Å². The highest BCUT2D eigenvalue weighted by molar-refractivity contribution is 7.21. The molecule has 0 fully saturated rings. The fourth-order valence-corrected chi connectivity index (χ4v) is 3.64. The van der Waals surface area contributed by atoms with Crippen molar-refractivity contribution in [3.05, 3.63) is 34.2 Å². The van der Waals surface area contributed by atoms with Gasteiger partial charge in [-0.05, 0) is 24.7 Å². The molecule has 2 N–H and O–H groups in total. The van der Waals surface area contributed by atoms with Crippen LogP contribution in [0.25, 0.3) is 20.9 Å². The van der Waals surface area contributed by atoms with Crippen LogP contribution in [0.3, 0.4) is 0 Å². The third-order valence-corrected chi connectivity index (χ3v) is 4.81. The average Bonchev–Trinajstić information content (AvgIpc) is 3.02. The van der Waals surface area contributed by atoms with Crippen molar-refractivity contribution < 1.29 is 13.2 Å². The second-order valence-electron chi connectivity index (χ2n) is 4.36. The number of hydrogen-bond acceptors (Lipinski definition) is 5. The normalized spacial score (nSPS) is 12.2.